The molecule has 0 amide bonds. The molecule has 21 heavy (non-hydrogen) atoms. The monoisotopic (exact) mass is 282 g/mol. The molecule has 0 atom stereocenters. The Morgan fingerprint density at radius 2 is 1.57 bits per heavy atom. The summed E-state index contributed by atoms with van der Waals surface area (Å²) in [6, 6.07) is 12.3. The molecule has 0 fully saturated rings. The summed E-state index contributed by atoms with van der Waals surface area (Å²) in [6.07, 6.45) is 1.87. The van der Waals surface area contributed by atoms with E-state index in [0.29, 0.717) is 5.92 Å². The third-order valence-corrected chi connectivity index (χ3v) is 3.61. The van der Waals surface area contributed by atoms with Crippen LogP contribution in [0.25, 0.3) is 17.2 Å². The van der Waals surface area contributed by atoms with E-state index in [1.807, 2.05) is 18.2 Å². The first-order valence-corrected chi connectivity index (χ1v) is 7.10. The van der Waals surface area contributed by atoms with Crippen LogP contribution in [0.2, 0.25) is 0 Å². The van der Waals surface area contributed by atoms with Crippen molar-refractivity contribution in [3.05, 3.63) is 54.1 Å². The van der Waals surface area contributed by atoms with Crippen LogP contribution >= 0.6 is 0 Å². The Bertz CT molecular complexity index is 617. The molecule has 0 unspecified atom stereocenters. The lowest BCUT2D eigenvalue weighted by molar-refractivity contribution is 0.382. The maximum Gasteiger partial charge on any atom is 0.126 e. The van der Waals surface area contributed by atoms with Gasteiger partial charge in [-0.15, -0.1) is 0 Å². The molecule has 0 saturated heterocycles. The molecular weight excluding hydrogens is 260 g/mol. The van der Waals surface area contributed by atoms with Crippen molar-refractivity contribution in [2.24, 2.45) is 0 Å². The lowest BCUT2D eigenvalue weighted by Crippen LogP contribution is -2.00. The fourth-order valence-electron chi connectivity index (χ4n) is 2.60. The van der Waals surface area contributed by atoms with E-state index >= 15 is 0 Å². The topological polar surface area (TPSA) is 18.5 Å². The second kappa shape index (κ2) is 6.49. The van der Waals surface area contributed by atoms with Crippen LogP contribution in [-0.4, -0.2) is 14.2 Å². The minimum atomic E-state index is 0.332. The summed E-state index contributed by atoms with van der Waals surface area (Å²) in [5, 5.41) is 0. The van der Waals surface area contributed by atoms with E-state index in [4.69, 9.17) is 9.47 Å². The maximum absolute atomic E-state index is 5.58. The Kier molecular flexibility index (Phi) is 4.69. The third-order valence-electron chi connectivity index (χ3n) is 3.61. The lowest BCUT2D eigenvalue weighted by atomic mass is 9.94. The number of hydrogen-bond donors (Lipinski definition) is 0. The summed E-state index contributed by atoms with van der Waals surface area (Å²) in [7, 11) is 3.40. The molecule has 0 aromatic heterocycles. The lowest BCUT2D eigenvalue weighted by Gasteiger charge is -2.18. The number of rotatable bonds is 5. The molecule has 0 aliphatic rings. The first kappa shape index (κ1) is 15.2. The SMILES string of the molecule is C=Cc1ccccc1-c1cc(OC)c(C(C)C)c(OC)c1. The minimum absolute atomic E-state index is 0.332. The maximum atomic E-state index is 5.58. The van der Waals surface area contributed by atoms with Gasteiger partial charge < -0.3 is 9.47 Å². The fourth-order valence-corrected chi connectivity index (χ4v) is 2.60. The van der Waals surface area contributed by atoms with Gasteiger partial charge in [0.15, 0.2) is 0 Å². The number of benzene rings is 2. The second-order valence-electron chi connectivity index (χ2n) is 5.24. The van der Waals surface area contributed by atoms with E-state index in [1.165, 1.54) is 0 Å². The van der Waals surface area contributed by atoms with Gasteiger partial charge in [-0.1, -0.05) is 50.8 Å². The van der Waals surface area contributed by atoms with Gasteiger partial charge in [0, 0.05) is 5.56 Å². The third kappa shape index (κ3) is 2.94. The smallest absolute Gasteiger partial charge is 0.126 e. The zero-order valence-corrected chi connectivity index (χ0v) is 13.1. The molecule has 0 saturated carbocycles. The van der Waals surface area contributed by atoms with Crippen LogP contribution in [0.1, 0.15) is 30.9 Å². The molecular formula is C19H22O2. The van der Waals surface area contributed by atoms with Crippen molar-refractivity contribution in [1.82, 2.24) is 0 Å². The minimum Gasteiger partial charge on any atom is -0.496 e. The highest BCUT2D eigenvalue weighted by molar-refractivity contribution is 5.77. The van der Waals surface area contributed by atoms with Crippen molar-refractivity contribution in [1.29, 1.82) is 0 Å². The first-order valence-electron chi connectivity index (χ1n) is 7.10. The zero-order valence-electron chi connectivity index (χ0n) is 13.1. The van der Waals surface area contributed by atoms with Crippen LogP contribution in [0.15, 0.2) is 43.0 Å². The van der Waals surface area contributed by atoms with Crippen LogP contribution in [0, 0.1) is 0 Å². The largest absolute Gasteiger partial charge is 0.496 e. The summed E-state index contributed by atoms with van der Waals surface area (Å²) < 4.78 is 11.2. The summed E-state index contributed by atoms with van der Waals surface area (Å²) in [6.45, 7) is 8.16. The van der Waals surface area contributed by atoms with Gasteiger partial charge in [-0.2, -0.15) is 0 Å². The Morgan fingerprint density at radius 3 is 2.05 bits per heavy atom. The zero-order chi connectivity index (χ0) is 15.4. The van der Waals surface area contributed by atoms with E-state index in [2.05, 4.69) is 44.7 Å². The highest BCUT2D eigenvalue weighted by Crippen LogP contribution is 2.40. The predicted octanol–water partition coefficient (Wildman–Crippen LogP) is 5.14. The van der Waals surface area contributed by atoms with Crippen LogP contribution in [0.5, 0.6) is 11.5 Å². The summed E-state index contributed by atoms with van der Waals surface area (Å²) >= 11 is 0. The predicted molar refractivity (Wildman–Crippen MR) is 89.2 cm³/mol. The molecule has 0 N–H and O–H groups in total. The summed E-state index contributed by atoms with van der Waals surface area (Å²) in [4.78, 5) is 0. The van der Waals surface area contributed by atoms with Gasteiger partial charge in [-0.3, -0.25) is 0 Å². The molecule has 0 aliphatic carbocycles. The highest BCUT2D eigenvalue weighted by Gasteiger charge is 2.17. The van der Waals surface area contributed by atoms with Gasteiger partial charge in [0.1, 0.15) is 11.5 Å². The van der Waals surface area contributed by atoms with Crippen molar-refractivity contribution in [2.45, 2.75) is 19.8 Å². The van der Waals surface area contributed by atoms with Crippen LogP contribution < -0.4 is 9.47 Å². The molecule has 0 aliphatic heterocycles. The van der Waals surface area contributed by atoms with Crippen LogP contribution in [0.4, 0.5) is 0 Å². The molecule has 0 heterocycles. The molecule has 0 radical (unpaired) electrons. The Labute approximate surface area is 127 Å². The van der Waals surface area contributed by atoms with Crippen molar-refractivity contribution < 1.29 is 9.47 Å². The number of ether oxygens (including phenoxy) is 2. The summed E-state index contributed by atoms with van der Waals surface area (Å²) in [5.41, 5.74) is 4.39. The second-order valence-corrected chi connectivity index (χ2v) is 5.24. The van der Waals surface area contributed by atoms with Crippen molar-refractivity contribution in [3.8, 4) is 22.6 Å². The molecule has 2 aromatic rings. The molecule has 2 rings (SSSR count). The number of hydrogen-bond acceptors (Lipinski definition) is 2. The van der Waals surface area contributed by atoms with E-state index < -0.39 is 0 Å². The average molecular weight is 282 g/mol. The normalized spacial score (nSPS) is 10.5. The Hall–Kier alpha value is -2.22. The van der Waals surface area contributed by atoms with Gasteiger partial charge in [0.25, 0.3) is 0 Å². The van der Waals surface area contributed by atoms with Gasteiger partial charge >= 0.3 is 0 Å². The van der Waals surface area contributed by atoms with E-state index in [-0.39, 0.29) is 0 Å². The summed E-state index contributed by atoms with van der Waals surface area (Å²) in [5.74, 6) is 2.05. The molecule has 0 bridgehead atoms. The van der Waals surface area contributed by atoms with Crippen molar-refractivity contribution in [2.75, 3.05) is 14.2 Å². The van der Waals surface area contributed by atoms with E-state index in [9.17, 15) is 0 Å². The molecule has 2 nitrogen and oxygen atoms in total. The first-order chi connectivity index (χ1) is 10.1. The standard InChI is InChI=1S/C19H22O2/c1-6-14-9-7-8-10-16(14)15-11-17(20-4)19(13(2)3)18(12-15)21-5/h6-13H,1H2,2-5H3. The average Bonchev–Trinajstić information content (AvgIpc) is 2.53. The number of methoxy groups -OCH3 is 2. The quantitative estimate of drug-likeness (QED) is 0.756. The van der Waals surface area contributed by atoms with Gasteiger partial charge in [0.2, 0.25) is 0 Å². The molecule has 2 heteroatoms. The van der Waals surface area contributed by atoms with E-state index in [1.54, 1.807) is 14.2 Å². The molecule has 0 spiro atoms. The van der Waals surface area contributed by atoms with Crippen molar-refractivity contribution in [3.63, 3.8) is 0 Å². The van der Waals surface area contributed by atoms with Gasteiger partial charge in [0.05, 0.1) is 14.2 Å². The van der Waals surface area contributed by atoms with Gasteiger partial charge in [-0.05, 0) is 34.7 Å². The van der Waals surface area contributed by atoms with Crippen LogP contribution in [-0.2, 0) is 0 Å². The van der Waals surface area contributed by atoms with Gasteiger partial charge in [-0.25, -0.2) is 0 Å². The van der Waals surface area contributed by atoms with Crippen molar-refractivity contribution >= 4 is 6.08 Å². The molecule has 110 valence electrons. The highest BCUT2D eigenvalue weighted by atomic mass is 16.5. The van der Waals surface area contributed by atoms with E-state index in [0.717, 1.165) is 33.8 Å². The van der Waals surface area contributed by atoms with Crippen LogP contribution in [0.3, 0.4) is 0 Å². The molecule has 2 aromatic carbocycles. The fraction of sp³-hybridized carbons (Fsp3) is 0.263. The Morgan fingerprint density at radius 1 is 1.00 bits per heavy atom. The Balaban J connectivity index is 2.68.